The molecule has 1 aliphatic carbocycles. The summed E-state index contributed by atoms with van der Waals surface area (Å²) in [5, 5.41) is 1.26. The lowest BCUT2D eigenvalue weighted by molar-refractivity contribution is 0.921. The van der Waals surface area contributed by atoms with E-state index < -0.39 is 0 Å². The van der Waals surface area contributed by atoms with E-state index in [1.165, 1.54) is 44.5 Å². The number of aryl methyl sites for hydroxylation is 4. The molecule has 1 heterocycles. The number of benzene rings is 2. The molecule has 1 nitrogen and oxygen atoms in total. The maximum atomic E-state index is 5.00. The van der Waals surface area contributed by atoms with Crippen molar-refractivity contribution in [2.24, 2.45) is 0 Å². The van der Waals surface area contributed by atoms with E-state index in [-0.39, 0.29) is 0 Å². The van der Waals surface area contributed by atoms with Gasteiger partial charge in [-0.05, 0) is 74.1 Å². The molecule has 0 aliphatic heterocycles. The predicted molar refractivity (Wildman–Crippen MR) is 88.8 cm³/mol. The first kappa shape index (κ1) is 12.6. The third-order valence-corrected chi connectivity index (χ3v) is 4.57. The Morgan fingerprint density at radius 1 is 0.857 bits per heavy atom. The molecule has 1 aliphatic rings. The maximum Gasteiger partial charge on any atom is 0.0744 e. The third-order valence-electron chi connectivity index (χ3n) is 4.57. The highest BCUT2D eigenvalue weighted by Gasteiger charge is 2.20. The van der Waals surface area contributed by atoms with Crippen molar-refractivity contribution in [1.29, 1.82) is 0 Å². The summed E-state index contributed by atoms with van der Waals surface area (Å²) in [7, 11) is 0. The second-order valence-corrected chi connectivity index (χ2v) is 6.30. The monoisotopic (exact) mass is 273 g/mol. The van der Waals surface area contributed by atoms with Crippen LogP contribution >= 0.6 is 0 Å². The molecule has 0 fully saturated rings. The molecule has 0 amide bonds. The van der Waals surface area contributed by atoms with Crippen molar-refractivity contribution in [3.8, 4) is 11.3 Å². The summed E-state index contributed by atoms with van der Waals surface area (Å²) in [5.41, 5.74) is 10.5. The zero-order chi connectivity index (χ0) is 14.6. The summed E-state index contributed by atoms with van der Waals surface area (Å²) in [4.78, 5) is 5.00. The summed E-state index contributed by atoms with van der Waals surface area (Å²) in [6, 6.07) is 13.5. The van der Waals surface area contributed by atoms with Crippen LogP contribution in [0.2, 0.25) is 0 Å². The summed E-state index contributed by atoms with van der Waals surface area (Å²) in [6.07, 6.45) is 2.23. The first-order chi connectivity index (χ1) is 10.1. The molecule has 21 heavy (non-hydrogen) atoms. The molecule has 0 unspecified atom stereocenters. The highest BCUT2D eigenvalue weighted by atomic mass is 14.7. The van der Waals surface area contributed by atoms with Crippen LogP contribution in [0, 0.1) is 20.8 Å². The molecule has 0 N–H and O–H groups in total. The minimum Gasteiger partial charge on any atom is -0.247 e. The first-order valence-corrected chi connectivity index (χ1v) is 7.62. The molecule has 0 radical (unpaired) electrons. The average molecular weight is 273 g/mol. The van der Waals surface area contributed by atoms with Crippen LogP contribution in [0.5, 0.6) is 0 Å². The molecule has 3 aromatic rings. The molecule has 0 atom stereocenters. The van der Waals surface area contributed by atoms with Crippen LogP contribution in [0.4, 0.5) is 0 Å². The van der Waals surface area contributed by atoms with Gasteiger partial charge in [-0.25, -0.2) is 4.98 Å². The van der Waals surface area contributed by atoms with Gasteiger partial charge in [-0.2, -0.15) is 0 Å². The van der Waals surface area contributed by atoms with Crippen LogP contribution in [-0.2, 0) is 12.8 Å². The van der Waals surface area contributed by atoms with E-state index in [0.717, 1.165) is 18.4 Å². The molecular formula is C20H19N. The van der Waals surface area contributed by atoms with Gasteiger partial charge in [0.05, 0.1) is 11.2 Å². The number of nitrogens with zero attached hydrogens (tertiary/aromatic N) is 1. The summed E-state index contributed by atoms with van der Waals surface area (Å²) >= 11 is 0. The minimum atomic E-state index is 1.10. The molecule has 1 aromatic heterocycles. The smallest absolute Gasteiger partial charge is 0.0744 e. The van der Waals surface area contributed by atoms with E-state index in [4.69, 9.17) is 4.98 Å². The van der Waals surface area contributed by atoms with Gasteiger partial charge in [0.15, 0.2) is 0 Å². The lowest BCUT2D eigenvalue weighted by atomic mass is 9.85. The van der Waals surface area contributed by atoms with E-state index in [9.17, 15) is 0 Å². The number of aromatic nitrogens is 1. The Labute approximate surface area is 125 Å². The van der Waals surface area contributed by atoms with Crippen LogP contribution in [-0.4, -0.2) is 4.98 Å². The molecular weight excluding hydrogens is 254 g/mol. The van der Waals surface area contributed by atoms with Gasteiger partial charge in [-0.3, -0.25) is 0 Å². The van der Waals surface area contributed by atoms with Gasteiger partial charge in [0.1, 0.15) is 0 Å². The minimum absolute atomic E-state index is 1.10. The summed E-state index contributed by atoms with van der Waals surface area (Å²) < 4.78 is 0. The third kappa shape index (κ3) is 1.96. The second-order valence-electron chi connectivity index (χ2n) is 6.30. The van der Waals surface area contributed by atoms with Gasteiger partial charge in [0.2, 0.25) is 0 Å². The van der Waals surface area contributed by atoms with Gasteiger partial charge in [0, 0.05) is 10.9 Å². The highest BCUT2D eigenvalue weighted by molar-refractivity contribution is 5.85. The highest BCUT2D eigenvalue weighted by Crippen LogP contribution is 2.36. The Morgan fingerprint density at radius 3 is 2.57 bits per heavy atom. The zero-order valence-corrected chi connectivity index (χ0v) is 12.8. The van der Waals surface area contributed by atoms with Crippen LogP contribution < -0.4 is 0 Å². The van der Waals surface area contributed by atoms with E-state index in [0.29, 0.717) is 0 Å². The van der Waals surface area contributed by atoms with Crippen LogP contribution in [0.1, 0.15) is 27.8 Å². The van der Waals surface area contributed by atoms with E-state index >= 15 is 0 Å². The lowest BCUT2D eigenvalue weighted by Gasteiger charge is -2.22. The molecule has 0 saturated carbocycles. The number of hydrogen-bond acceptors (Lipinski definition) is 1. The zero-order valence-electron chi connectivity index (χ0n) is 12.8. The topological polar surface area (TPSA) is 12.9 Å². The van der Waals surface area contributed by atoms with Crippen LogP contribution in [0.3, 0.4) is 0 Å². The fourth-order valence-electron chi connectivity index (χ4n) is 3.54. The Balaban J connectivity index is 2.05. The molecule has 0 saturated heterocycles. The van der Waals surface area contributed by atoms with Crippen molar-refractivity contribution >= 4 is 10.9 Å². The Morgan fingerprint density at radius 2 is 1.71 bits per heavy atom. The first-order valence-electron chi connectivity index (χ1n) is 7.62. The van der Waals surface area contributed by atoms with Crippen LogP contribution in [0.25, 0.3) is 22.2 Å². The number of hydrogen-bond donors (Lipinski definition) is 0. The Bertz CT molecular complexity index is 875. The molecule has 0 bridgehead atoms. The number of pyridine rings is 1. The fraction of sp³-hybridized carbons (Fsp3) is 0.250. The van der Waals surface area contributed by atoms with Crippen molar-refractivity contribution in [2.45, 2.75) is 33.6 Å². The average Bonchev–Trinajstić information content (AvgIpc) is 2.45. The van der Waals surface area contributed by atoms with Gasteiger partial charge in [-0.15, -0.1) is 0 Å². The number of fused-ring (bicyclic) bond motifs is 4. The van der Waals surface area contributed by atoms with Gasteiger partial charge in [0.25, 0.3) is 0 Å². The fourth-order valence-corrected chi connectivity index (χ4v) is 3.54. The Kier molecular flexibility index (Phi) is 2.65. The maximum absolute atomic E-state index is 5.00. The van der Waals surface area contributed by atoms with Crippen molar-refractivity contribution in [3.05, 3.63) is 64.2 Å². The lowest BCUT2D eigenvalue weighted by Crippen LogP contribution is -2.08. The molecule has 1 heteroatoms. The molecule has 2 aromatic carbocycles. The van der Waals surface area contributed by atoms with Gasteiger partial charge in [-0.1, -0.05) is 23.8 Å². The largest absolute Gasteiger partial charge is 0.247 e. The predicted octanol–water partition coefficient (Wildman–Crippen LogP) is 4.93. The van der Waals surface area contributed by atoms with Gasteiger partial charge < -0.3 is 0 Å². The van der Waals surface area contributed by atoms with Crippen molar-refractivity contribution in [1.82, 2.24) is 4.98 Å². The SMILES string of the molecule is Cc1cc(C)c2c(c1)-c1nc3cc(C)ccc3cc1CC2. The van der Waals surface area contributed by atoms with E-state index in [1.54, 1.807) is 0 Å². The van der Waals surface area contributed by atoms with Crippen molar-refractivity contribution in [2.75, 3.05) is 0 Å². The molecule has 0 spiro atoms. The van der Waals surface area contributed by atoms with E-state index in [2.05, 4.69) is 57.2 Å². The number of rotatable bonds is 0. The molecule has 104 valence electrons. The van der Waals surface area contributed by atoms with Gasteiger partial charge >= 0.3 is 0 Å². The van der Waals surface area contributed by atoms with Crippen molar-refractivity contribution < 1.29 is 0 Å². The summed E-state index contributed by atoms with van der Waals surface area (Å²) in [6.45, 7) is 6.53. The second kappa shape index (κ2) is 4.42. The molecule has 4 rings (SSSR count). The standard InChI is InChI=1S/C20H19N/c1-12-4-5-15-11-16-6-7-17-14(3)8-13(2)9-18(17)20(16)21-19(15)10-12/h4-5,8-11H,6-7H2,1-3H3. The summed E-state index contributed by atoms with van der Waals surface area (Å²) in [5.74, 6) is 0. The normalized spacial score (nSPS) is 13.1. The van der Waals surface area contributed by atoms with Crippen LogP contribution in [0.15, 0.2) is 36.4 Å². The quantitative estimate of drug-likeness (QED) is 0.566. The van der Waals surface area contributed by atoms with E-state index in [1.807, 2.05) is 0 Å². The van der Waals surface area contributed by atoms with Crippen molar-refractivity contribution in [3.63, 3.8) is 0 Å². The Hall–Kier alpha value is -2.15.